The molecule has 10 nitrogen and oxygen atoms in total. The van der Waals surface area contributed by atoms with Gasteiger partial charge in [-0.25, -0.2) is 0 Å². The van der Waals surface area contributed by atoms with Crippen LogP contribution in [0.2, 0.25) is 0 Å². The van der Waals surface area contributed by atoms with Gasteiger partial charge in [0.25, 0.3) is 0 Å². The predicted octanol–water partition coefficient (Wildman–Crippen LogP) is -2.34. The lowest BCUT2D eigenvalue weighted by molar-refractivity contribution is -0.00194. The summed E-state index contributed by atoms with van der Waals surface area (Å²) in [4.78, 5) is 2.21. The Bertz CT molecular complexity index is 585. The summed E-state index contributed by atoms with van der Waals surface area (Å²) in [5.74, 6) is 1.42. The van der Waals surface area contributed by atoms with Crippen molar-refractivity contribution < 1.29 is 23.2 Å². The van der Waals surface area contributed by atoms with E-state index in [0.717, 1.165) is 18.8 Å². The second-order valence-corrected chi connectivity index (χ2v) is 8.20. The maximum Gasteiger partial charge on any atom is 0.144 e. The summed E-state index contributed by atoms with van der Waals surface area (Å²) >= 11 is 0. The standard InChI is InChI=1S/C17H32BN5O5S/c18-17-16(15-22-3-13-29(24)14-4-22)20-21-23(17)2-6-26-8-10-28-12-11-27-9-7-25-5-1-19/h1-15,19H2. The molecule has 164 valence electrons. The van der Waals surface area contributed by atoms with Crippen LogP contribution in [0.4, 0.5) is 0 Å². The minimum Gasteiger partial charge on any atom is -0.378 e. The Labute approximate surface area is 176 Å². The van der Waals surface area contributed by atoms with Crippen molar-refractivity contribution in [3.8, 4) is 0 Å². The molecule has 1 aromatic heterocycles. The Morgan fingerprint density at radius 1 is 0.931 bits per heavy atom. The van der Waals surface area contributed by atoms with E-state index in [4.69, 9.17) is 32.5 Å². The molecule has 12 heteroatoms. The van der Waals surface area contributed by atoms with Crippen molar-refractivity contribution in [3.63, 3.8) is 0 Å². The van der Waals surface area contributed by atoms with E-state index in [0.29, 0.717) is 89.6 Å². The molecule has 0 spiro atoms. The maximum absolute atomic E-state index is 11.4. The third-order valence-corrected chi connectivity index (χ3v) is 5.59. The molecule has 2 radical (unpaired) electrons. The van der Waals surface area contributed by atoms with Crippen molar-refractivity contribution in [2.75, 3.05) is 84.0 Å². The highest BCUT2D eigenvalue weighted by Gasteiger charge is 2.18. The molecule has 0 amide bonds. The summed E-state index contributed by atoms with van der Waals surface area (Å²) in [5.41, 5.74) is 6.63. The molecule has 0 unspecified atom stereocenters. The molecular weight excluding hydrogens is 397 g/mol. The van der Waals surface area contributed by atoms with Crippen LogP contribution in [0.25, 0.3) is 0 Å². The van der Waals surface area contributed by atoms with Crippen molar-refractivity contribution in [2.24, 2.45) is 5.73 Å². The summed E-state index contributed by atoms with van der Waals surface area (Å²) < 4.78 is 34.6. The van der Waals surface area contributed by atoms with E-state index in [2.05, 4.69) is 15.2 Å². The number of nitrogens with two attached hydrogens (primary N) is 1. The van der Waals surface area contributed by atoms with Crippen molar-refractivity contribution in [2.45, 2.75) is 13.1 Å². The molecule has 1 fully saturated rings. The molecule has 0 aromatic carbocycles. The second-order valence-electron chi connectivity index (χ2n) is 6.51. The van der Waals surface area contributed by atoms with Crippen LogP contribution in [0.15, 0.2) is 0 Å². The van der Waals surface area contributed by atoms with Gasteiger partial charge < -0.3 is 24.7 Å². The van der Waals surface area contributed by atoms with Gasteiger partial charge in [0.05, 0.1) is 65.1 Å². The van der Waals surface area contributed by atoms with Crippen LogP contribution in [-0.2, 0) is 42.8 Å². The smallest absolute Gasteiger partial charge is 0.144 e. The quantitative estimate of drug-likeness (QED) is 0.228. The number of ether oxygens (including phenoxy) is 4. The van der Waals surface area contributed by atoms with E-state index in [9.17, 15) is 4.21 Å². The fourth-order valence-electron chi connectivity index (χ4n) is 2.68. The molecule has 1 aliphatic heterocycles. The zero-order valence-electron chi connectivity index (χ0n) is 17.0. The highest BCUT2D eigenvalue weighted by atomic mass is 32.2. The van der Waals surface area contributed by atoms with E-state index < -0.39 is 10.8 Å². The topological polar surface area (TPSA) is 114 Å². The zero-order chi connectivity index (χ0) is 20.7. The SMILES string of the molecule is [B]c1c(CN2CCS(=O)CC2)nnn1CCOCCOCCOCCOCCN. The summed E-state index contributed by atoms with van der Waals surface area (Å²) in [6.45, 7) is 7.46. The molecule has 2 rings (SSSR count). The van der Waals surface area contributed by atoms with Crippen LogP contribution in [0.1, 0.15) is 5.69 Å². The minimum absolute atomic E-state index is 0.480. The molecular formula is C17H32BN5O5S. The number of nitrogens with zero attached hydrogens (tertiary/aromatic N) is 4. The van der Waals surface area contributed by atoms with E-state index >= 15 is 0 Å². The average Bonchev–Trinajstić information content (AvgIpc) is 3.07. The number of hydrogen-bond acceptors (Lipinski definition) is 9. The van der Waals surface area contributed by atoms with Crippen LogP contribution >= 0.6 is 0 Å². The predicted molar refractivity (Wildman–Crippen MR) is 111 cm³/mol. The molecule has 2 N–H and O–H groups in total. The van der Waals surface area contributed by atoms with Gasteiger partial charge in [-0.15, -0.1) is 5.10 Å². The van der Waals surface area contributed by atoms with Crippen LogP contribution in [-0.4, -0.2) is 116 Å². The highest BCUT2D eigenvalue weighted by molar-refractivity contribution is 7.85. The first-order valence-corrected chi connectivity index (χ1v) is 11.5. The van der Waals surface area contributed by atoms with E-state index in [1.54, 1.807) is 4.68 Å². The van der Waals surface area contributed by atoms with Gasteiger partial charge in [-0.05, 0) is 0 Å². The molecule has 0 bridgehead atoms. The normalized spacial score (nSPS) is 15.9. The number of aromatic nitrogens is 3. The Morgan fingerprint density at radius 3 is 2.07 bits per heavy atom. The molecule has 0 atom stereocenters. The molecule has 1 aromatic rings. The van der Waals surface area contributed by atoms with Crippen LogP contribution in [0, 0.1) is 0 Å². The first kappa shape index (κ1) is 24.4. The Hall–Kier alpha value is -0.885. The molecule has 2 heterocycles. The van der Waals surface area contributed by atoms with Gasteiger partial charge in [0.1, 0.15) is 7.85 Å². The summed E-state index contributed by atoms with van der Waals surface area (Å²) in [6.07, 6.45) is 0. The molecule has 0 aliphatic carbocycles. The molecule has 1 saturated heterocycles. The van der Waals surface area contributed by atoms with Gasteiger partial charge in [0, 0.05) is 54.1 Å². The van der Waals surface area contributed by atoms with Crippen molar-refractivity contribution in [1.29, 1.82) is 0 Å². The first-order chi connectivity index (χ1) is 14.2. The van der Waals surface area contributed by atoms with E-state index in [1.807, 2.05) is 0 Å². The number of rotatable bonds is 16. The largest absolute Gasteiger partial charge is 0.378 e. The maximum atomic E-state index is 11.4. The second kappa shape index (κ2) is 15.0. The zero-order valence-corrected chi connectivity index (χ0v) is 17.8. The van der Waals surface area contributed by atoms with Crippen LogP contribution in [0.5, 0.6) is 0 Å². The van der Waals surface area contributed by atoms with Gasteiger partial charge in [0.15, 0.2) is 0 Å². The monoisotopic (exact) mass is 429 g/mol. The lowest BCUT2D eigenvalue weighted by Gasteiger charge is -2.25. The van der Waals surface area contributed by atoms with Gasteiger partial charge in [-0.3, -0.25) is 13.8 Å². The third-order valence-electron chi connectivity index (χ3n) is 4.32. The third kappa shape index (κ3) is 10.1. The fraction of sp³-hybridized carbons (Fsp3) is 0.882. The fourth-order valence-corrected chi connectivity index (χ4v) is 3.80. The first-order valence-electron chi connectivity index (χ1n) is 9.97. The molecule has 0 saturated carbocycles. The van der Waals surface area contributed by atoms with Crippen molar-refractivity contribution >= 4 is 24.2 Å². The lowest BCUT2D eigenvalue weighted by Crippen LogP contribution is -2.38. The van der Waals surface area contributed by atoms with Crippen molar-refractivity contribution in [1.82, 2.24) is 19.9 Å². The Morgan fingerprint density at radius 2 is 1.48 bits per heavy atom. The average molecular weight is 429 g/mol. The highest BCUT2D eigenvalue weighted by Crippen LogP contribution is 2.04. The summed E-state index contributed by atoms with van der Waals surface area (Å²) in [7, 11) is 5.45. The Balaban J connectivity index is 1.46. The van der Waals surface area contributed by atoms with E-state index in [1.165, 1.54) is 0 Å². The summed E-state index contributed by atoms with van der Waals surface area (Å²) in [5, 5.41) is 8.27. The summed E-state index contributed by atoms with van der Waals surface area (Å²) in [6, 6.07) is 0. The lowest BCUT2D eigenvalue weighted by atomic mass is 10.0. The van der Waals surface area contributed by atoms with Crippen molar-refractivity contribution in [3.05, 3.63) is 5.69 Å². The Kier molecular flexibility index (Phi) is 12.6. The van der Waals surface area contributed by atoms with Gasteiger partial charge in [-0.1, -0.05) is 5.21 Å². The van der Waals surface area contributed by atoms with E-state index in [-0.39, 0.29) is 0 Å². The number of hydrogen-bond donors (Lipinski definition) is 1. The molecule has 29 heavy (non-hydrogen) atoms. The molecule has 1 aliphatic rings. The van der Waals surface area contributed by atoms with Crippen LogP contribution in [0.3, 0.4) is 0 Å². The van der Waals surface area contributed by atoms with Crippen LogP contribution < -0.4 is 11.3 Å². The van der Waals surface area contributed by atoms with Gasteiger partial charge in [0.2, 0.25) is 0 Å². The van der Waals surface area contributed by atoms with Gasteiger partial charge in [-0.2, -0.15) is 0 Å². The minimum atomic E-state index is -0.688. The van der Waals surface area contributed by atoms with Gasteiger partial charge >= 0.3 is 0 Å².